The molecular weight excluding hydrogens is 378 g/mol. The molecule has 29 heavy (non-hydrogen) atoms. The maximum Gasteiger partial charge on any atom is 0.191 e. The molecule has 1 aromatic heterocycles. The SMILES string of the molecule is CCNC(=NCc1ccc(CN2CCN(C)CC2)cc1)NCC(C)c1cccs1. The molecule has 1 aromatic carbocycles. The third kappa shape index (κ3) is 7.14. The van der Waals surface area contributed by atoms with Crippen LogP contribution in [0.2, 0.25) is 0 Å². The van der Waals surface area contributed by atoms with E-state index in [4.69, 9.17) is 4.99 Å². The number of piperazine rings is 1. The van der Waals surface area contributed by atoms with Crippen molar-refractivity contribution in [2.24, 2.45) is 4.99 Å². The number of aliphatic imine (C=N–C) groups is 1. The normalized spacial score (nSPS) is 17.3. The highest BCUT2D eigenvalue weighted by Crippen LogP contribution is 2.19. The molecule has 0 aliphatic carbocycles. The van der Waals surface area contributed by atoms with Gasteiger partial charge in [-0.05, 0) is 36.5 Å². The first-order valence-electron chi connectivity index (χ1n) is 10.7. The number of nitrogens with one attached hydrogen (secondary N) is 2. The Morgan fingerprint density at radius 1 is 1.07 bits per heavy atom. The third-order valence-corrected chi connectivity index (χ3v) is 6.50. The topological polar surface area (TPSA) is 42.9 Å². The minimum absolute atomic E-state index is 0.479. The van der Waals surface area contributed by atoms with E-state index in [0.29, 0.717) is 12.5 Å². The summed E-state index contributed by atoms with van der Waals surface area (Å²) in [5.41, 5.74) is 2.63. The van der Waals surface area contributed by atoms with Crippen molar-refractivity contribution in [1.29, 1.82) is 0 Å². The maximum absolute atomic E-state index is 4.77. The smallest absolute Gasteiger partial charge is 0.191 e. The lowest BCUT2D eigenvalue weighted by atomic mass is 10.1. The Labute approximate surface area is 179 Å². The Bertz CT molecular complexity index is 733. The standard InChI is InChI=1S/C23H35N5S/c1-4-24-23(25-16-19(2)22-6-5-15-29-22)26-17-20-7-9-21(10-8-20)18-28-13-11-27(3)12-14-28/h5-10,15,19H,4,11-14,16-18H2,1-3H3,(H2,24,25,26). The summed E-state index contributed by atoms with van der Waals surface area (Å²) in [5, 5.41) is 8.97. The molecule has 2 N–H and O–H groups in total. The minimum atomic E-state index is 0.479. The molecule has 1 aliphatic rings. The predicted octanol–water partition coefficient (Wildman–Crippen LogP) is 3.35. The molecule has 1 unspecified atom stereocenters. The highest BCUT2D eigenvalue weighted by Gasteiger charge is 2.13. The number of guanidine groups is 1. The van der Waals surface area contributed by atoms with Gasteiger partial charge in [0.05, 0.1) is 6.54 Å². The maximum atomic E-state index is 4.77. The van der Waals surface area contributed by atoms with Gasteiger partial charge in [0.2, 0.25) is 0 Å². The van der Waals surface area contributed by atoms with Gasteiger partial charge in [0.15, 0.2) is 5.96 Å². The number of hydrogen-bond donors (Lipinski definition) is 2. The van der Waals surface area contributed by atoms with Crippen LogP contribution in [0.25, 0.3) is 0 Å². The van der Waals surface area contributed by atoms with Crippen LogP contribution in [0, 0.1) is 0 Å². The van der Waals surface area contributed by atoms with Crippen LogP contribution >= 0.6 is 11.3 Å². The van der Waals surface area contributed by atoms with Crippen molar-refractivity contribution in [3.63, 3.8) is 0 Å². The zero-order valence-corrected chi connectivity index (χ0v) is 18.8. The molecule has 2 aromatic rings. The highest BCUT2D eigenvalue weighted by atomic mass is 32.1. The van der Waals surface area contributed by atoms with E-state index in [1.165, 1.54) is 16.0 Å². The number of nitrogens with zero attached hydrogens (tertiary/aromatic N) is 3. The van der Waals surface area contributed by atoms with E-state index in [0.717, 1.165) is 51.8 Å². The van der Waals surface area contributed by atoms with Crippen LogP contribution in [0.15, 0.2) is 46.8 Å². The van der Waals surface area contributed by atoms with Crippen LogP contribution in [0.1, 0.15) is 35.8 Å². The summed E-state index contributed by atoms with van der Waals surface area (Å²) in [6.07, 6.45) is 0. The van der Waals surface area contributed by atoms with Gasteiger partial charge in [0.25, 0.3) is 0 Å². The Morgan fingerprint density at radius 2 is 1.79 bits per heavy atom. The molecule has 0 bridgehead atoms. The average molecular weight is 414 g/mol. The summed E-state index contributed by atoms with van der Waals surface area (Å²) in [5.74, 6) is 1.37. The van der Waals surface area contributed by atoms with Gasteiger partial charge in [-0.2, -0.15) is 0 Å². The molecule has 1 fully saturated rings. The fourth-order valence-corrected chi connectivity index (χ4v) is 4.24. The first-order chi connectivity index (χ1) is 14.1. The molecular formula is C23H35N5S. The summed E-state index contributed by atoms with van der Waals surface area (Å²) in [6.45, 7) is 12.5. The molecule has 6 heteroatoms. The van der Waals surface area contributed by atoms with Gasteiger partial charge in [-0.25, -0.2) is 4.99 Å². The van der Waals surface area contributed by atoms with Gasteiger partial charge in [-0.1, -0.05) is 37.3 Å². The number of likely N-dealkylation sites (N-methyl/N-ethyl adjacent to an activating group) is 1. The van der Waals surface area contributed by atoms with E-state index in [1.54, 1.807) is 0 Å². The van der Waals surface area contributed by atoms with Crippen LogP contribution in [-0.2, 0) is 13.1 Å². The van der Waals surface area contributed by atoms with Crippen LogP contribution in [0.5, 0.6) is 0 Å². The largest absolute Gasteiger partial charge is 0.357 e. The van der Waals surface area contributed by atoms with E-state index in [-0.39, 0.29) is 0 Å². The fourth-order valence-electron chi connectivity index (χ4n) is 3.45. The van der Waals surface area contributed by atoms with Crippen LogP contribution in [0.4, 0.5) is 0 Å². The van der Waals surface area contributed by atoms with E-state index >= 15 is 0 Å². The van der Waals surface area contributed by atoms with Gasteiger partial charge >= 0.3 is 0 Å². The van der Waals surface area contributed by atoms with Crippen molar-refractivity contribution >= 4 is 17.3 Å². The molecule has 158 valence electrons. The molecule has 3 rings (SSSR count). The van der Waals surface area contributed by atoms with Crippen molar-refractivity contribution in [1.82, 2.24) is 20.4 Å². The van der Waals surface area contributed by atoms with E-state index in [9.17, 15) is 0 Å². The van der Waals surface area contributed by atoms with Crippen LogP contribution < -0.4 is 10.6 Å². The number of hydrogen-bond acceptors (Lipinski definition) is 4. The van der Waals surface area contributed by atoms with Crippen molar-refractivity contribution < 1.29 is 0 Å². The van der Waals surface area contributed by atoms with Crippen molar-refractivity contribution in [2.45, 2.75) is 32.9 Å². The van der Waals surface area contributed by atoms with Gasteiger partial charge in [0.1, 0.15) is 0 Å². The zero-order chi connectivity index (χ0) is 20.5. The first kappa shape index (κ1) is 21.8. The fraction of sp³-hybridized carbons (Fsp3) is 0.522. The first-order valence-corrected chi connectivity index (χ1v) is 11.6. The number of thiophene rings is 1. The number of benzene rings is 1. The van der Waals surface area contributed by atoms with E-state index in [2.05, 4.69) is 83.1 Å². The van der Waals surface area contributed by atoms with Crippen molar-refractivity contribution in [3.8, 4) is 0 Å². The number of rotatable bonds is 8. The van der Waals surface area contributed by atoms with Crippen LogP contribution in [0.3, 0.4) is 0 Å². The second-order valence-corrected chi connectivity index (χ2v) is 8.87. The van der Waals surface area contributed by atoms with Crippen molar-refractivity contribution in [3.05, 3.63) is 57.8 Å². The summed E-state index contributed by atoms with van der Waals surface area (Å²) >= 11 is 1.81. The average Bonchev–Trinajstić information content (AvgIpc) is 3.28. The van der Waals surface area contributed by atoms with Crippen molar-refractivity contribution in [2.75, 3.05) is 46.3 Å². The second-order valence-electron chi connectivity index (χ2n) is 7.89. The van der Waals surface area contributed by atoms with Gasteiger partial charge in [-0.15, -0.1) is 11.3 Å². The predicted molar refractivity (Wildman–Crippen MR) is 125 cm³/mol. The Balaban J connectivity index is 1.49. The summed E-state index contributed by atoms with van der Waals surface area (Å²) in [4.78, 5) is 11.1. The lowest BCUT2D eigenvalue weighted by Gasteiger charge is -2.32. The summed E-state index contributed by atoms with van der Waals surface area (Å²) in [7, 11) is 2.20. The van der Waals surface area contributed by atoms with Gasteiger partial charge in [0, 0.05) is 56.6 Å². The van der Waals surface area contributed by atoms with E-state index in [1.807, 2.05) is 11.3 Å². The van der Waals surface area contributed by atoms with Gasteiger partial charge in [-0.3, -0.25) is 4.90 Å². The monoisotopic (exact) mass is 413 g/mol. The molecule has 0 amide bonds. The Hall–Kier alpha value is -1.89. The summed E-state index contributed by atoms with van der Waals surface area (Å²) < 4.78 is 0. The van der Waals surface area contributed by atoms with E-state index < -0.39 is 0 Å². The second kappa shape index (κ2) is 11.3. The summed E-state index contributed by atoms with van der Waals surface area (Å²) in [6, 6.07) is 13.2. The molecule has 1 atom stereocenters. The molecule has 0 saturated carbocycles. The third-order valence-electron chi connectivity index (χ3n) is 5.39. The quantitative estimate of drug-likeness (QED) is 0.514. The Kier molecular flexibility index (Phi) is 8.52. The lowest BCUT2D eigenvalue weighted by Crippen LogP contribution is -2.43. The molecule has 1 saturated heterocycles. The molecule has 5 nitrogen and oxygen atoms in total. The van der Waals surface area contributed by atoms with Crippen LogP contribution in [-0.4, -0.2) is 62.1 Å². The van der Waals surface area contributed by atoms with Gasteiger partial charge < -0.3 is 15.5 Å². The minimum Gasteiger partial charge on any atom is -0.357 e. The molecule has 2 heterocycles. The zero-order valence-electron chi connectivity index (χ0n) is 18.0. The molecule has 0 spiro atoms. The lowest BCUT2D eigenvalue weighted by molar-refractivity contribution is 0.148. The Morgan fingerprint density at radius 3 is 2.45 bits per heavy atom. The highest BCUT2D eigenvalue weighted by molar-refractivity contribution is 7.10. The molecule has 0 radical (unpaired) electrons. The molecule has 1 aliphatic heterocycles.